The fourth-order valence-corrected chi connectivity index (χ4v) is 3.01. The van der Waals surface area contributed by atoms with Crippen LogP contribution in [0.4, 0.5) is 5.69 Å². The summed E-state index contributed by atoms with van der Waals surface area (Å²) in [6.07, 6.45) is 2.77. The standard InChI is InChI=1S/C20H27N3O3/c1-15(2)20(25)23-11-6-7-16(14-23)19(24)22-17-8-5-9-18(13-17)26-12-4-3-10-21/h5,8-9,13,15-16H,3-4,6-7,11-12,14H2,1-2H3,(H,22,24)/t16-/m1/s1. The molecule has 1 aliphatic heterocycles. The molecule has 1 atom stereocenters. The zero-order valence-electron chi connectivity index (χ0n) is 15.5. The molecule has 0 aromatic heterocycles. The van der Waals surface area contributed by atoms with Crippen molar-refractivity contribution in [3.8, 4) is 11.8 Å². The lowest BCUT2D eigenvalue weighted by atomic mass is 9.96. The number of nitriles is 1. The molecule has 1 N–H and O–H groups in total. The molecule has 1 heterocycles. The third kappa shape index (κ3) is 5.76. The lowest BCUT2D eigenvalue weighted by Gasteiger charge is -2.33. The van der Waals surface area contributed by atoms with E-state index in [2.05, 4.69) is 11.4 Å². The Labute approximate surface area is 155 Å². The Kier molecular flexibility index (Phi) is 7.46. The summed E-state index contributed by atoms with van der Waals surface area (Å²) in [4.78, 5) is 26.6. The van der Waals surface area contributed by atoms with Crippen LogP contribution in [0.5, 0.6) is 5.75 Å². The number of benzene rings is 1. The quantitative estimate of drug-likeness (QED) is 0.760. The van der Waals surface area contributed by atoms with Gasteiger partial charge in [0, 0.05) is 37.2 Å². The van der Waals surface area contributed by atoms with E-state index in [-0.39, 0.29) is 23.7 Å². The van der Waals surface area contributed by atoms with Crippen molar-refractivity contribution in [3.05, 3.63) is 24.3 Å². The van der Waals surface area contributed by atoms with Gasteiger partial charge in [0.25, 0.3) is 0 Å². The number of carbonyl (C=O) groups is 2. The Bertz CT molecular complexity index is 667. The van der Waals surface area contributed by atoms with E-state index in [9.17, 15) is 9.59 Å². The summed E-state index contributed by atoms with van der Waals surface area (Å²) in [5, 5.41) is 11.5. The molecule has 26 heavy (non-hydrogen) atoms. The lowest BCUT2D eigenvalue weighted by Crippen LogP contribution is -2.45. The minimum Gasteiger partial charge on any atom is -0.493 e. The second-order valence-corrected chi connectivity index (χ2v) is 6.91. The molecule has 0 spiro atoms. The molecular weight excluding hydrogens is 330 g/mol. The minimum absolute atomic E-state index is 0.0494. The average Bonchev–Trinajstić information content (AvgIpc) is 2.65. The third-order valence-electron chi connectivity index (χ3n) is 4.40. The molecule has 0 unspecified atom stereocenters. The van der Waals surface area contributed by atoms with E-state index in [4.69, 9.17) is 10.00 Å². The Morgan fingerprint density at radius 3 is 2.96 bits per heavy atom. The van der Waals surface area contributed by atoms with Crippen LogP contribution in [-0.2, 0) is 9.59 Å². The number of nitrogens with zero attached hydrogens (tertiary/aromatic N) is 2. The first kappa shape index (κ1) is 19.8. The van der Waals surface area contributed by atoms with Crippen molar-refractivity contribution in [1.29, 1.82) is 5.26 Å². The number of piperidine rings is 1. The fourth-order valence-electron chi connectivity index (χ4n) is 3.01. The molecule has 0 aliphatic carbocycles. The predicted molar refractivity (Wildman–Crippen MR) is 99.6 cm³/mol. The van der Waals surface area contributed by atoms with Crippen LogP contribution in [-0.4, -0.2) is 36.4 Å². The van der Waals surface area contributed by atoms with Crippen LogP contribution in [0.1, 0.15) is 39.5 Å². The Morgan fingerprint density at radius 2 is 2.23 bits per heavy atom. The zero-order chi connectivity index (χ0) is 18.9. The molecule has 1 fully saturated rings. The lowest BCUT2D eigenvalue weighted by molar-refractivity contribution is -0.137. The molecule has 1 aromatic carbocycles. The number of likely N-dealkylation sites (tertiary alicyclic amines) is 1. The monoisotopic (exact) mass is 357 g/mol. The Morgan fingerprint density at radius 1 is 1.42 bits per heavy atom. The van der Waals surface area contributed by atoms with Crippen LogP contribution in [0, 0.1) is 23.2 Å². The van der Waals surface area contributed by atoms with Gasteiger partial charge in [0.15, 0.2) is 0 Å². The zero-order valence-corrected chi connectivity index (χ0v) is 15.5. The van der Waals surface area contributed by atoms with Crippen LogP contribution < -0.4 is 10.1 Å². The summed E-state index contributed by atoms with van der Waals surface area (Å²) in [5.74, 6) is 0.475. The van der Waals surface area contributed by atoms with E-state index in [1.807, 2.05) is 32.0 Å². The van der Waals surface area contributed by atoms with Crippen molar-refractivity contribution < 1.29 is 14.3 Å². The van der Waals surface area contributed by atoms with E-state index >= 15 is 0 Å². The summed E-state index contributed by atoms with van der Waals surface area (Å²) < 4.78 is 5.60. The van der Waals surface area contributed by atoms with Gasteiger partial charge in [-0.05, 0) is 31.4 Å². The Hall–Kier alpha value is -2.55. The molecule has 0 saturated carbocycles. The summed E-state index contributed by atoms with van der Waals surface area (Å²) in [7, 11) is 0. The number of nitrogens with one attached hydrogen (secondary N) is 1. The van der Waals surface area contributed by atoms with Crippen molar-refractivity contribution in [1.82, 2.24) is 4.90 Å². The van der Waals surface area contributed by atoms with Gasteiger partial charge >= 0.3 is 0 Å². The summed E-state index contributed by atoms with van der Waals surface area (Å²) >= 11 is 0. The van der Waals surface area contributed by atoms with Crippen molar-refractivity contribution in [2.24, 2.45) is 11.8 Å². The topological polar surface area (TPSA) is 82.4 Å². The maximum atomic E-state index is 12.6. The van der Waals surface area contributed by atoms with Gasteiger partial charge < -0.3 is 15.0 Å². The predicted octanol–water partition coefficient (Wildman–Crippen LogP) is 3.20. The van der Waals surface area contributed by atoms with Gasteiger partial charge in [-0.15, -0.1) is 0 Å². The molecule has 1 saturated heterocycles. The minimum atomic E-state index is -0.188. The molecule has 2 amide bonds. The maximum absolute atomic E-state index is 12.6. The highest BCUT2D eigenvalue weighted by Crippen LogP contribution is 2.22. The van der Waals surface area contributed by atoms with Crippen molar-refractivity contribution in [2.45, 2.75) is 39.5 Å². The summed E-state index contributed by atoms with van der Waals surface area (Å²) in [5.41, 5.74) is 0.681. The third-order valence-corrected chi connectivity index (χ3v) is 4.40. The van der Waals surface area contributed by atoms with E-state index in [0.29, 0.717) is 37.4 Å². The summed E-state index contributed by atoms with van der Waals surface area (Å²) in [6, 6.07) is 9.33. The second kappa shape index (κ2) is 9.81. The summed E-state index contributed by atoms with van der Waals surface area (Å²) in [6.45, 7) is 5.45. The van der Waals surface area contributed by atoms with Gasteiger partial charge in [-0.3, -0.25) is 9.59 Å². The van der Waals surface area contributed by atoms with Gasteiger partial charge in [-0.2, -0.15) is 5.26 Å². The molecular formula is C20H27N3O3. The number of ether oxygens (including phenoxy) is 1. The van der Waals surface area contributed by atoms with Gasteiger partial charge in [0.2, 0.25) is 11.8 Å². The van der Waals surface area contributed by atoms with Gasteiger partial charge in [0.1, 0.15) is 5.75 Å². The fraction of sp³-hybridized carbons (Fsp3) is 0.550. The van der Waals surface area contributed by atoms with E-state index in [0.717, 1.165) is 19.4 Å². The molecule has 1 aromatic rings. The highest BCUT2D eigenvalue weighted by atomic mass is 16.5. The number of hydrogen-bond donors (Lipinski definition) is 1. The highest BCUT2D eigenvalue weighted by Gasteiger charge is 2.29. The van der Waals surface area contributed by atoms with E-state index in [1.54, 1.807) is 11.0 Å². The number of unbranched alkanes of at least 4 members (excludes halogenated alkanes) is 1. The average molecular weight is 357 g/mol. The first-order valence-corrected chi connectivity index (χ1v) is 9.20. The van der Waals surface area contributed by atoms with E-state index < -0.39 is 0 Å². The van der Waals surface area contributed by atoms with E-state index in [1.165, 1.54) is 0 Å². The van der Waals surface area contributed by atoms with Crippen molar-refractivity contribution in [2.75, 3.05) is 25.0 Å². The maximum Gasteiger partial charge on any atom is 0.229 e. The first-order chi connectivity index (χ1) is 12.5. The molecule has 0 radical (unpaired) electrons. The number of hydrogen-bond acceptors (Lipinski definition) is 4. The van der Waals surface area contributed by atoms with Crippen LogP contribution >= 0.6 is 0 Å². The van der Waals surface area contributed by atoms with Crippen LogP contribution in [0.2, 0.25) is 0 Å². The SMILES string of the molecule is CC(C)C(=O)N1CCC[C@@H](C(=O)Nc2cccc(OCCCC#N)c2)C1. The van der Waals surface area contributed by atoms with Crippen LogP contribution in [0.15, 0.2) is 24.3 Å². The number of rotatable bonds is 7. The molecule has 2 rings (SSSR count). The smallest absolute Gasteiger partial charge is 0.229 e. The Balaban J connectivity index is 1.90. The normalized spacial score (nSPS) is 16.8. The first-order valence-electron chi connectivity index (χ1n) is 9.20. The number of anilines is 1. The van der Waals surface area contributed by atoms with Crippen molar-refractivity contribution >= 4 is 17.5 Å². The largest absolute Gasteiger partial charge is 0.493 e. The second-order valence-electron chi connectivity index (χ2n) is 6.91. The molecule has 6 heteroatoms. The van der Waals surface area contributed by atoms with Gasteiger partial charge in [0.05, 0.1) is 18.6 Å². The number of carbonyl (C=O) groups excluding carboxylic acids is 2. The highest BCUT2D eigenvalue weighted by molar-refractivity contribution is 5.93. The van der Waals surface area contributed by atoms with Crippen molar-refractivity contribution in [3.63, 3.8) is 0 Å². The van der Waals surface area contributed by atoms with Gasteiger partial charge in [-0.25, -0.2) is 0 Å². The van der Waals surface area contributed by atoms with Gasteiger partial charge in [-0.1, -0.05) is 19.9 Å². The molecule has 0 bridgehead atoms. The molecule has 6 nitrogen and oxygen atoms in total. The molecule has 1 aliphatic rings. The van der Waals surface area contributed by atoms with Crippen LogP contribution in [0.25, 0.3) is 0 Å². The molecule has 140 valence electrons. The number of amides is 2. The van der Waals surface area contributed by atoms with Crippen LogP contribution in [0.3, 0.4) is 0 Å².